The fraction of sp³-hybridized carbons (Fsp3) is 0.0526. The van der Waals surface area contributed by atoms with Gasteiger partial charge in [0.15, 0.2) is 17.4 Å². The minimum absolute atomic E-state index is 0.130. The first-order chi connectivity index (χ1) is 12.0. The number of anilines is 1. The summed E-state index contributed by atoms with van der Waals surface area (Å²) in [7, 11) is 0. The van der Waals surface area contributed by atoms with Crippen LogP contribution in [-0.4, -0.2) is 10.1 Å². The summed E-state index contributed by atoms with van der Waals surface area (Å²) in [5.74, 6) is 0.130. The molecule has 0 fully saturated rings. The molecule has 3 rings (SSSR count). The Morgan fingerprint density at radius 3 is 2.72 bits per heavy atom. The lowest BCUT2D eigenvalue weighted by Gasteiger charge is -2.10. The van der Waals surface area contributed by atoms with Crippen molar-refractivity contribution in [3.63, 3.8) is 0 Å². The quantitative estimate of drug-likeness (QED) is 0.275. The highest BCUT2D eigenvalue weighted by Gasteiger charge is 2.24. The molecule has 0 bridgehead atoms. The molecule has 3 nitrogen and oxygen atoms in total. The van der Waals surface area contributed by atoms with E-state index in [2.05, 4.69) is 5.32 Å². The van der Waals surface area contributed by atoms with Crippen molar-refractivity contribution in [2.24, 2.45) is 0 Å². The van der Waals surface area contributed by atoms with Crippen LogP contribution in [0, 0.1) is 6.92 Å². The fourth-order valence-electron chi connectivity index (χ4n) is 2.37. The second kappa shape index (κ2) is 7.78. The van der Waals surface area contributed by atoms with E-state index >= 15 is 0 Å². The van der Waals surface area contributed by atoms with Crippen molar-refractivity contribution in [3.05, 3.63) is 81.8 Å². The third kappa shape index (κ3) is 4.25. The second-order valence-electron chi connectivity index (χ2n) is 5.43. The van der Waals surface area contributed by atoms with Crippen LogP contribution in [0.5, 0.6) is 0 Å². The molecule has 0 aliphatic carbocycles. The van der Waals surface area contributed by atoms with Gasteiger partial charge in [0.25, 0.3) is 5.70 Å². The van der Waals surface area contributed by atoms with Gasteiger partial charge in [-0.05, 0) is 42.6 Å². The first-order valence-corrected chi connectivity index (χ1v) is 9.23. The Labute approximate surface area is 160 Å². The third-order valence-corrected chi connectivity index (χ3v) is 4.89. The number of aromatic nitrogens is 1. The number of hydrogen-bond donors (Lipinski definition) is 2. The molecule has 2 heterocycles. The molecular weight excluding hydrogens is 372 g/mol. The van der Waals surface area contributed by atoms with Crippen LogP contribution in [-0.2, 0) is 0 Å². The van der Waals surface area contributed by atoms with Crippen molar-refractivity contribution in [1.82, 2.24) is 0 Å². The summed E-state index contributed by atoms with van der Waals surface area (Å²) in [6.45, 7) is 1.99. The molecule has 0 saturated heterocycles. The van der Waals surface area contributed by atoms with Crippen LogP contribution in [0.1, 0.15) is 10.4 Å². The standard InChI is InChI=1S/C19H15ClN2OS2/c1-13-5-3-9-22(12-13)17(18(23)16-8-4-10-25-16)19(24)21-15-7-2-6-14(20)11-15/h2-12H,1H3,(H-,21,23,24)/p+1. The van der Waals surface area contributed by atoms with Crippen molar-refractivity contribution >= 4 is 57.3 Å². The van der Waals surface area contributed by atoms with Gasteiger partial charge in [0, 0.05) is 22.3 Å². The third-order valence-electron chi connectivity index (χ3n) is 3.48. The molecule has 0 spiro atoms. The summed E-state index contributed by atoms with van der Waals surface area (Å²) in [6.07, 6.45) is 3.78. The predicted molar refractivity (Wildman–Crippen MR) is 109 cm³/mol. The lowest BCUT2D eigenvalue weighted by Crippen LogP contribution is -2.38. The zero-order valence-electron chi connectivity index (χ0n) is 13.4. The minimum Gasteiger partial charge on any atom is -0.501 e. The van der Waals surface area contributed by atoms with E-state index in [4.69, 9.17) is 23.8 Å². The summed E-state index contributed by atoms with van der Waals surface area (Å²) in [5.41, 5.74) is 2.34. The highest BCUT2D eigenvalue weighted by Crippen LogP contribution is 2.23. The van der Waals surface area contributed by atoms with Gasteiger partial charge in [-0.2, -0.15) is 4.57 Å². The lowest BCUT2D eigenvalue weighted by atomic mass is 10.2. The molecule has 6 heteroatoms. The van der Waals surface area contributed by atoms with Crippen LogP contribution in [0.3, 0.4) is 0 Å². The zero-order valence-corrected chi connectivity index (χ0v) is 15.8. The first-order valence-electron chi connectivity index (χ1n) is 7.57. The Kier molecular flexibility index (Phi) is 5.48. The van der Waals surface area contributed by atoms with E-state index in [9.17, 15) is 5.11 Å². The maximum atomic E-state index is 10.8. The number of pyridine rings is 1. The normalized spacial score (nSPS) is 11.8. The molecule has 0 radical (unpaired) electrons. The SMILES string of the molecule is Cc1ccc[n+](C(C(=S)Nc2cccc(Cl)c2)=C(O)c2cccs2)c1. The van der Waals surface area contributed by atoms with E-state index < -0.39 is 0 Å². The minimum atomic E-state index is 0.130. The summed E-state index contributed by atoms with van der Waals surface area (Å²) < 4.78 is 1.82. The van der Waals surface area contributed by atoms with E-state index in [-0.39, 0.29) is 5.76 Å². The molecule has 0 atom stereocenters. The van der Waals surface area contributed by atoms with E-state index in [1.165, 1.54) is 11.3 Å². The number of nitrogens with zero attached hydrogens (tertiary/aromatic N) is 1. The number of aliphatic hydroxyl groups excluding tert-OH is 1. The van der Waals surface area contributed by atoms with Crippen molar-refractivity contribution in [3.8, 4) is 0 Å². The van der Waals surface area contributed by atoms with Crippen molar-refractivity contribution in [2.75, 3.05) is 5.32 Å². The molecular formula is C19H16ClN2OS2+. The summed E-state index contributed by atoms with van der Waals surface area (Å²) in [6, 6.07) is 15.0. The average molecular weight is 388 g/mol. The number of rotatable bonds is 4. The van der Waals surface area contributed by atoms with Gasteiger partial charge in [0.05, 0.1) is 4.88 Å². The zero-order chi connectivity index (χ0) is 17.8. The molecule has 2 N–H and O–H groups in total. The summed E-state index contributed by atoms with van der Waals surface area (Å²) in [5, 5.41) is 16.5. The Morgan fingerprint density at radius 1 is 1.20 bits per heavy atom. The number of hydrogen-bond acceptors (Lipinski definition) is 3. The highest BCUT2D eigenvalue weighted by molar-refractivity contribution is 7.81. The second-order valence-corrected chi connectivity index (χ2v) is 7.22. The van der Waals surface area contributed by atoms with E-state index in [1.54, 1.807) is 12.1 Å². The number of aryl methyl sites for hydroxylation is 1. The molecule has 0 aliphatic heterocycles. The number of nitrogens with one attached hydrogen (secondary N) is 1. The number of thiophene rings is 1. The number of benzene rings is 1. The van der Waals surface area contributed by atoms with Crippen LogP contribution >= 0.6 is 35.2 Å². The lowest BCUT2D eigenvalue weighted by molar-refractivity contribution is -0.576. The van der Waals surface area contributed by atoms with Crippen LogP contribution in [0.15, 0.2) is 66.3 Å². The fourth-order valence-corrected chi connectivity index (χ4v) is 3.55. The van der Waals surface area contributed by atoms with Crippen LogP contribution in [0.4, 0.5) is 5.69 Å². The van der Waals surface area contributed by atoms with Crippen LogP contribution < -0.4 is 9.88 Å². The largest absolute Gasteiger partial charge is 0.501 e. The summed E-state index contributed by atoms with van der Waals surface area (Å²) >= 11 is 13.1. The molecule has 0 amide bonds. The molecule has 0 aliphatic rings. The average Bonchev–Trinajstić information content (AvgIpc) is 3.09. The maximum Gasteiger partial charge on any atom is 0.289 e. The number of thiocarbonyl (C=S) groups is 1. The van der Waals surface area contributed by atoms with Crippen LogP contribution in [0.2, 0.25) is 5.02 Å². The van der Waals surface area contributed by atoms with Gasteiger partial charge in [-0.15, -0.1) is 11.3 Å². The van der Waals surface area contributed by atoms with Gasteiger partial charge in [0.2, 0.25) is 5.76 Å². The van der Waals surface area contributed by atoms with E-state index in [1.807, 2.05) is 65.7 Å². The van der Waals surface area contributed by atoms with Crippen LogP contribution in [0.25, 0.3) is 11.5 Å². The van der Waals surface area contributed by atoms with Gasteiger partial charge in [0.1, 0.15) is 0 Å². The molecule has 3 aromatic rings. The molecule has 2 aromatic heterocycles. The maximum absolute atomic E-state index is 10.8. The van der Waals surface area contributed by atoms with E-state index in [0.717, 1.165) is 16.1 Å². The van der Waals surface area contributed by atoms with Gasteiger partial charge in [-0.25, -0.2) is 0 Å². The Bertz CT molecular complexity index is 936. The van der Waals surface area contributed by atoms with Crippen molar-refractivity contribution in [1.29, 1.82) is 0 Å². The number of aliphatic hydroxyl groups is 1. The van der Waals surface area contributed by atoms with Gasteiger partial charge in [-0.1, -0.05) is 36.0 Å². The highest BCUT2D eigenvalue weighted by atomic mass is 35.5. The smallest absolute Gasteiger partial charge is 0.289 e. The monoisotopic (exact) mass is 387 g/mol. The van der Waals surface area contributed by atoms with E-state index in [0.29, 0.717) is 15.7 Å². The topological polar surface area (TPSA) is 36.1 Å². The Balaban J connectivity index is 2.05. The molecule has 0 unspecified atom stereocenters. The molecule has 1 aromatic carbocycles. The van der Waals surface area contributed by atoms with Gasteiger partial charge in [-0.3, -0.25) is 0 Å². The van der Waals surface area contributed by atoms with Crippen molar-refractivity contribution in [2.45, 2.75) is 6.92 Å². The number of halogens is 1. The molecule has 25 heavy (non-hydrogen) atoms. The van der Waals surface area contributed by atoms with Gasteiger partial charge >= 0.3 is 0 Å². The first kappa shape index (κ1) is 17.6. The summed E-state index contributed by atoms with van der Waals surface area (Å²) in [4.78, 5) is 1.16. The molecule has 126 valence electrons. The van der Waals surface area contributed by atoms with Gasteiger partial charge < -0.3 is 10.4 Å². The van der Waals surface area contributed by atoms with Crippen molar-refractivity contribution < 1.29 is 9.67 Å². The Morgan fingerprint density at radius 2 is 2.04 bits per heavy atom. The Hall–Kier alpha value is -2.21. The predicted octanol–water partition coefficient (Wildman–Crippen LogP) is 5.32. The molecule has 0 saturated carbocycles.